The number of hydrogen-bond acceptors (Lipinski definition) is 4. The number of piperidine rings is 1. The molecular formula is C20H25FN4O4. The number of nitrogens with one attached hydrogen (secondary N) is 2. The summed E-state index contributed by atoms with van der Waals surface area (Å²) in [5.41, 5.74) is 0.982. The van der Waals surface area contributed by atoms with Crippen LogP contribution in [0.15, 0.2) is 18.2 Å². The smallest absolute Gasteiger partial charge is 0.320 e. The summed E-state index contributed by atoms with van der Waals surface area (Å²) in [6, 6.07) is 4.01. The summed E-state index contributed by atoms with van der Waals surface area (Å²) in [6.45, 7) is 3.48. The average Bonchev–Trinajstić information content (AvgIpc) is 2.74. The number of hydrogen-bond donors (Lipinski definition) is 2. The van der Waals surface area contributed by atoms with Crippen molar-refractivity contribution in [3.63, 3.8) is 0 Å². The molecule has 2 N–H and O–H groups in total. The third kappa shape index (κ3) is 4.34. The fourth-order valence-corrected chi connectivity index (χ4v) is 4.14. The van der Waals surface area contributed by atoms with Gasteiger partial charge in [-0.25, -0.2) is 9.18 Å². The van der Waals surface area contributed by atoms with Crippen molar-refractivity contribution in [3.05, 3.63) is 29.6 Å². The van der Waals surface area contributed by atoms with E-state index in [1.54, 1.807) is 4.90 Å². The van der Waals surface area contributed by atoms with E-state index in [4.69, 9.17) is 4.74 Å². The quantitative estimate of drug-likeness (QED) is 0.777. The van der Waals surface area contributed by atoms with E-state index in [1.165, 1.54) is 18.2 Å². The van der Waals surface area contributed by atoms with Gasteiger partial charge in [0.2, 0.25) is 11.8 Å². The molecule has 0 radical (unpaired) electrons. The van der Waals surface area contributed by atoms with Crippen LogP contribution in [0.4, 0.5) is 14.9 Å². The maximum absolute atomic E-state index is 13.7. The standard InChI is InChI=1S/C20H25FN4O4/c21-13-1-2-17-15(11-13)16(12-18(26)23-17)19(27)22-14-3-5-24(6-4-14)20(28)25-7-9-29-10-8-25/h1-2,11,14,16H,3-10,12H2,(H,22,27)(H,23,26)/t16-/m1/s1. The minimum Gasteiger partial charge on any atom is -0.378 e. The van der Waals surface area contributed by atoms with Crippen molar-refractivity contribution in [3.8, 4) is 0 Å². The lowest BCUT2D eigenvalue weighted by molar-refractivity contribution is -0.127. The fraction of sp³-hybridized carbons (Fsp3) is 0.550. The summed E-state index contributed by atoms with van der Waals surface area (Å²) in [5.74, 6) is -1.67. The summed E-state index contributed by atoms with van der Waals surface area (Å²) >= 11 is 0. The van der Waals surface area contributed by atoms with Gasteiger partial charge in [-0.05, 0) is 36.6 Å². The number of benzene rings is 1. The Hall–Kier alpha value is -2.68. The molecule has 0 spiro atoms. The van der Waals surface area contributed by atoms with Crippen LogP contribution in [0.1, 0.15) is 30.7 Å². The Morgan fingerprint density at radius 3 is 2.52 bits per heavy atom. The number of ether oxygens (including phenoxy) is 1. The van der Waals surface area contributed by atoms with Crippen LogP contribution in [0, 0.1) is 5.82 Å². The first-order valence-corrected chi connectivity index (χ1v) is 10.0. The van der Waals surface area contributed by atoms with Crippen LogP contribution in [0.2, 0.25) is 0 Å². The Balaban J connectivity index is 1.34. The summed E-state index contributed by atoms with van der Waals surface area (Å²) < 4.78 is 18.9. The van der Waals surface area contributed by atoms with E-state index in [0.29, 0.717) is 63.5 Å². The number of anilines is 1. The van der Waals surface area contributed by atoms with Crippen molar-refractivity contribution in [1.29, 1.82) is 0 Å². The van der Waals surface area contributed by atoms with E-state index in [1.807, 2.05) is 4.90 Å². The lowest BCUT2D eigenvalue weighted by Gasteiger charge is -2.37. The van der Waals surface area contributed by atoms with Crippen LogP contribution in [0.3, 0.4) is 0 Å². The van der Waals surface area contributed by atoms with Gasteiger partial charge in [0.1, 0.15) is 5.82 Å². The highest BCUT2D eigenvalue weighted by molar-refractivity contribution is 6.01. The number of nitrogens with zero attached hydrogens (tertiary/aromatic N) is 2. The Bertz CT molecular complexity index is 804. The van der Waals surface area contributed by atoms with Crippen molar-refractivity contribution in [2.45, 2.75) is 31.2 Å². The third-order valence-electron chi connectivity index (χ3n) is 5.76. The first-order valence-electron chi connectivity index (χ1n) is 10.0. The van der Waals surface area contributed by atoms with Gasteiger partial charge in [-0.1, -0.05) is 0 Å². The molecule has 2 fully saturated rings. The largest absolute Gasteiger partial charge is 0.378 e. The number of carbonyl (C=O) groups is 3. The second kappa shape index (κ2) is 8.36. The molecule has 9 heteroatoms. The molecule has 0 aromatic heterocycles. The minimum atomic E-state index is -0.706. The van der Waals surface area contributed by atoms with Gasteiger partial charge in [0.15, 0.2) is 0 Å². The van der Waals surface area contributed by atoms with Crippen LogP contribution >= 0.6 is 0 Å². The Morgan fingerprint density at radius 2 is 1.79 bits per heavy atom. The van der Waals surface area contributed by atoms with Crippen LogP contribution in [-0.2, 0) is 14.3 Å². The molecule has 8 nitrogen and oxygen atoms in total. The maximum atomic E-state index is 13.7. The number of carbonyl (C=O) groups excluding carboxylic acids is 3. The molecule has 4 amide bonds. The van der Waals surface area contributed by atoms with Gasteiger partial charge < -0.3 is 25.2 Å². The zero-order valence-corrected chi connectivity index (χ0v) is 16.2. The van der Waals surface area contributed by atoms with Crippen molar-refractivity contribution in [2.75, 3.05) is 44.7 Å². The normalized spacial score (nSPS) is 22.7. The molecule has 1 aromatic rings. The highest BCUT2D eigenvalue weighted by Crippen LogP contribution is 2.33. The van der Waals surface area contributed by atoms with Crippen LogP contribution in [-0.4, -0.2) is 73.1 Å². The van der Waals surface area contributed by atoms with Crippen LogP contribution in [0.25, 0.3) is 0 Å². The Morgan fingerprint density at radius 1 is 1.10 bits per heavy atom. The van der Waals surface area contributed by atoms with Crippen molar-refractivity contribution >= 4 is 23.5 Å². The summed E-state index contributed by atoms with van der Waals surface area (Å²) in [7, 11) is 0. The number of likely N-dealkylation sites (tertiary alicyclic amines) is 1. The van der Waals surface area contributed by atoms with Gasteiger partial charge in [0, 0.05) is 44.3 Å². The number of fused-ring (bicyclic) bond motifs is 1. The zero-order valence-electron chi connectivity index (χ0n) is 16.2. The molecule has 0 aliphatic carbocycles. The van der Waals surface area contributed by atoms with Crippen molar-refractivity contribution in [1.82, 2.24) is 15.1 Å². The summed E-state index contributed by atoms with van der Waals surface area (Å²) in [6.07, 6.45) is 1.30. The lowest BCUT2D eigenvalue weighted by Crippen LogP contribution is -2.53. The van der Waals surface area contributed by atoms with Crippen LogP contribution in [0.5, 0.6) is 0 Å². The SMILES string of the molecule is O=C1C[C@@H](C(=O)NC2CCN(C(=O)N3CCOCC3)CC2)c2cc(F)ccc2N1. The highest BCUT2D eigenvalue weighted by Gasteiger charge is 2.33. The molecule has 0 bridgehead atoms. The topological polar surface area (TPSA) is 91.0 Å². The van der Waals surface area contributed by atoms with E-state index in [0.717, 1.165) is 0 Å². The predicted octanol–water partition coefficient (Wildman–Crippen LogP) is 1.28. The van der Waals surface area contributed by atoms with Gasteiger partial charge in [0.25, 0.3) is 0 Å². The predicted molar refractivity (Wildman–Crippen MR) is 103 cm³/mol. The molecule has 0 unspecified atom stereocenters. The molecule has 3 heterocycles. The number of amides is 4. The second-order valence-corrected chi connectivity index (χ2v) is 7.69. The van der Waals surface area contributed by atoms with Crippen LogP contribution < -0.4 is 10.6 Å². The number of morpholine rings is 1. The van der Waals surface area contributed by atoms with E-state index < -0.39 is 11.7 Å². The van der Waals surface area contributed by atoms with Gasteiger partial charge in [0.05, 0.1) is 19.1 Å². The first kappa shape index (κ1) is 19.6. The highest BCUT2D eigenvalue weighted by atomic mass is 19.1. The Labute approximate surface area is 168 Å². The van der Waals surface area contributed by atoms with E-state index in [2.05, 4.69) is 10.6 Å². The second-order valence-electron chi connectivity index (χ2n) is 7.69. The lowest BCUT2D eigenvalue weighted by atomic mass is 9.89. The summed E-state index contributed by atoms with van der Waals surface area (Å²) in [5, 5.41) is 5.68. The van der Waals surface area contributed by atoms with Gasteiger partial charge in [-0.15, -0.1) is 0 Å². The summed E-state index contributed by atoms with van der Waals surface area (Å²) in [4.78, 5) is 41.0. The Kier molecular flexibility index (Phi) is 5.66. The maximum Gasteiger partial charge on any atom is 0.320 e. The fourth-order valence-electron chi connectivity index (χ4n) is 4.14. The first-order chi connectivity index (χ1) is 14.0. The van der Waals surface area contributed by atoms with E-state index in [-0.39, 0.29) is 30.3 Å². The molecule has 4 rings (SSSR count). The molecule has 2 saturated heterocycles. The monoisotopic (exact) mass is 404 g/mol. The number of halogens is 1. The van der Waals surface area contributed by atoms with Gasteiger partial charge >= 0.3 is 6.03 Å². The molecular weight excluding hydrogens is 379 g/mol. The number of rotatable bonds is 2. The van der Waals surface area contributed by atoms with Gasteiger partial charge in [-0.2, -0.15) is 0 Å². The molecule has 3 aliphatic heterocycles. The molecule has 1 atom stereocenters. The van der Waals surface area contributed by atoms with Crippen molar-refractivity contribution in [2.24, 2.45) is 0 Å². The van der Waals surface area contributed by atoms with Crippen molar-refractivity contribution < 1.29 is 23.5 Å². The average molecular weight is 404 g/mol. The molecule has 1 aromatic carbocycles. The molecule has 3 aliphatic rings. The van der Waals surface area contributed by atoms with Gasteiger partial charge in [-0.3, -0.25) is 9.59 Å². The molecule has 29 heavy (non-hydrogen) atoms. The third-order valence-corrected chi connectivity index (χ3v) is 5.76. The molecule has 0 saturated carbocycles. The van der Waals surface area contributed by atoms with E-state index >= 15 is 0 Å². The zero-order chi connectivity index (χ0) is 20.4. The van der Waals surface area contributed by atoms with E-state index in [9.17, 15) is 18.8 Å². The molecule has 156 valence electrons. The number of urea groups is 1. The minimum absolute atomic E-state index is 0.00332.